The maximum atomic E-state index is 12.8. The van der Waals surface area contributed by atoms with Crippen molar-refractivity contribution in [3.63, 3.8) is 0 Å². The first-order chi connectivity index (χ1) is 6.99. The molecule has 82 valence electrons. The van der Waals surface area contributed by atoms with Crippen LogP contribution in [0.15, 0.2) is 18.2 Å². The summed E-state index contributed by atoms with van der Waals surface area (Å²) in [6.07, 6.45) is 0. The molecule has 0 unspecified atom stereocenters. The van der Waals surface area contributed by atoms with Crippen LogP contribution >= 0.6 is 0 Å². The second kappa shape index (κ2) is 4.87. The van der Waals surface area contributed by atoms with Crippen molar-refractivity contribution in [1.29, 1.82) is 0 Å². The van der Waals surface area contributed by atoms with Crippen LogP contribution in [0.25, 0.3) is 0 Å². The number of benzene rings is 1. The molecule has 0 atom stereocenters. The maximum Gasteiger partial charge on any atom is 0.222 e. The van der Waals surface area contributed by atoms with E-state index in [-0.39, 0.29) is 18.4 Å². The third kappa shape index (κ3) is 3.65. The van der Waals surface area contributed by atoms with E-state index in [2.05, 4.69) is 5.32 Å². The predicted octanol–water partition coefficient (Wildman–Crippen LogP) is 2.24. The molecule has 0 saturated heterocycles. The lowest BCUT2D eigenvalue weighted by Gasteiger charge is -2.07. The van der Waals surface area contributed by atoms with Crippen molar-refractivity contribution in [3.8, 4) is 0 Å². The molecule has 0 fully saturated rings. The van der Waals surface area contributed by atoms with Crippen molar-refractivity contribution in [2.45, 2.75) is 20.4 Å². The van der Waals surface area contributed by atoms with Crippen LogP contribution in [-0.2, 0) is 11.3 Å². The fourth-order valence-corrected chi connectivity index (χ4v) is 1.11. The number of carbonyl (C=O) groups is 1. The van der Waals surface area contributed by atoms with Gasteiger partial charge in [-0.1, -0.05) is 13.8 Å². The topological polar surface area (TPSA) is 29.1 Å². The zero-order valence-corrected chi connectivity index (χ0v) is 8.68. The molecular formula is C11H13F2NO. The molecular weight excluding hydrogens is 200 g/mol. The van der Waals surface area contributed by atoms with E-state index < -0.39 is 11.6 Å². The highest BCUT2D eigenvalue weighted by Gasteiger charge is 2.06. The Kier molecular flexibility index (Phi) is 3.77. The second-order valence-corrected chi connectivity index (χ2v) is 3.65. The van der Waals surface area contributed by atoms with E-state index in [1.54, 1.807) is 13.8 Å². The largest absolute Gasteiger partial charge is 0.352 e. The average Bonchev–Trinajstić information content (AvgIpc) is 2.12. The Hall–Kier alpha value is -1.45. The van der Waals surface area contributed by atoms with Crippen molar-refractivity contribution < 1.29 is 13.6 Å². The van der Waals surface area contributed by atoms with Crippen LogP contribution in [0.5, 0.6) is 0 Å². The van der Waals surface area contributed by atoms with Crippen molar-refractivity contribution >= 4 is 5.91 Å². The Bertz CT molecular complexity index is 343. The van der Waals surface area contributed by atoms with E-state index in [0.717, 1.165) is 6.07 Å². The zero-order valence-electron chi connectivity index (χ0n) is 8.68. The highest BCUT2D eigenvalue weighted by Crippen LogP contribution is 2.07. The first-order valence-corrected chi connectivity index (χ1v) is 4.71. The molecule has 1 rings (SSSR count). The van der Waals surface area contributed by atoms with Crippen LogP contribution in [0.4, 0.5) is 8.78 Å². The predicted molar refractivity (Wildman–Crippen MR) is 53.0 cm³/mol. The van der Waals surface area contributed by atoms with Crippen molar-refractivity contribution in [3.05, 3.63) is 35.4 Å². The standard InChI is InChI=1S/C11H13F2NO/c1-7(2)11(15)14-6-8-3-9(12)5-10(13)4-8/h3-5,7H,6H2,1-2H3,(H,14,15). The highest BCUT2D eigenvalue weighted by molar-refractivity contribution is 5.77. The molecule has 0 saturated carbocycles. The summed E-state index contributed by atoms with van der Waals surface area (Å²) in [4.78, 5) is 11.2. The summed E-state index contributed by atoms with van der Waals surface area (Å²) >= 11 is 0. The number of nitrogens with one attached hydrogen (secondary N) is 1. The van der Waals surface area contributed by atoms with E-state index in [0.29, 0.717) is 5.56 Å². The van der Waals surface area contributed by atoms with E-state index in [1.807, 2.05) is 0 Å². The molecule has 15 heavy (non-hydrogen) atoms. The monoisotopic (exact) mass is 213 g/mol. The molecule has 0 heterocycles. The highest BCUT2D eigenvalue weighted by atomic mass is 19.1. The average molecular weight is 213 g/mol. The number of hydrogen-bond acceptors (Lipinski definition) is 1. The lowest BCUT2D eigenvalue weighted by Crippen LogP contribution is -2.27. The van der Waals surface area contributed by atoms with Gasteiger partial charge >= 0.3 is 0 Å². The molecule has 0 aliphatic carbocycles. The van der Waals surface area contributed by atoms with E-state index in [4.69, 9.17) is 0 Å². The molecule has 0 bridgehead atoms. The Labute approximate surface area is 87.3 Å². The summed E-state index contributed by atoms with van der Waals surface area (Å²) in [6, 6.07) is 3.20. The van der Waals surface area contributed by atoms with E-state index in [1.165, 1.54) is 12.1 Å². The Balaban J connectivity index is 2.61. The number of rotatable bonds is 3. The number of halogens is 2. The minimum absolute atomic E-state index is 0.136. The molecule has 0 radical (unpaired) electrons. The summed E-state index contributed by atoms with van der Waals surface area (Å²) in [7, 11) is 0. The third-order valence-corrected chi connectivity index (χ3v) is 1.91. The van der Waals surface area contributed by atoms with Crippen LogP contribution < -0.4 is 5.32 Å². The fourth-order valence-electron chi connectivity index (χ4n) is 1.11. The van der Waals surface area contributed by atoms with Crippen molar-refractivity contribution in [2.75, 3.05) is 0 Å². The summed E-state index contributed by atoms with van der Waals surface area (Å²) in [5.74, 6) is -1.55. The zero-order chi connectivity index (χ0) is 11.4. The quantitative estimate of drug-likeness (QED) is 0.819. The molecule has 0 spiro atoms. The molecule has 1 amide bonds. The lowest BCUT2D eigenvalue weighted by atomic mass is 10.2. The maximum absolute atomic E-state index is 12.8. The van der Waals surface area contributed by atoms with Gasteiger partial charge in [0, 0.05) is 18.5 Å². The Morgan fingerprint density at radius 1 is 1.27 bits per heavy atom. The van der Waals surface area contributed by atoms with Gasteiger partial charge in [0.15, 0.2) is 0 Å². The molecule has 1 aromatic carbocycles. The van der Waals surface area contributed by atoms with E-state index in [9.17, 15) is 13.6 Å². The van der Waals surface area contributed by atoms with Gasteiger partial charge in [0.1, 0.15) is 11.6 Å². The molecule has 1 N–H and O–H groups in total. The number of hydrogen-bond donors (Lipinski definition) is 1. The molecule has 0 aliphatic heterocycles. The van der Waals surface area contributed by atoms with Crippen LogP contribution in [0.3, 0.4) is 0 Å². The molecule has 0 aromatic heterocycles. The van der Waals surface area contributed by atoms with Gasteiger partial charge in [0.25, 0.3) is 0 Å². The molecule has 0 aliphatic rings. The molecule has 4 heteroatoms. The normalized spacial score (nSPS) is 10.5. The van der Waals surface area contributed by atoms with Gasteiger partial charge in [0.2, 0.25) is 5.91 Å². The number of carbonyl (C=O) groups excluding carboxylic acids is 1. The first-order valence-electron chi connectivity index (χ1n) is 4.71. The van der Waals surface area contributed by atoms with Gasteiger partial charge in [-0.15, -0.1) is 0 Å². The fraction of sp³-hybridized carbons (Fsp3) is 0.364. The van der Waals surface area contributed by atoms with Gasteiger partial charge < -0.3 is 5.32 Å². The van der Waals surface area contributed by atoms with Gasteiger partial charge in [-0.3, -0.25) is 4.79 Å². The van der Waals surface area contributed by atoms with Crippen molar-refractivity contribution in [2.24, 2.45) is 5.92 Å². The van der Waals surface area contributed by atoms with Gasteiger partial charge in [0.05, 0.1) is 0 Å². The summed E-state index contributed by atoms with van der Waals surface area (Å²) in [5, 5.41) is 2.58. The van der Waals surface area contributed by atoms with E-state index >= 15 is 0 Å². The summed E-state index contributed by atoms with van der Waals surface area (Å²) in [5.41, 5.74) is 0.418. The first kappa shape index (κ1) is 11.6. The Morgan fingerprint density at radius 3 is 2.27 bits per heavy atom. The molecule has 2 nitrogen and oxygen atoms in total. The third-order valence-electron chi connectivity index (χ3n) is 1.91. The van der Waals surface area contributed by atoms with Gasteiger partial charge in [-0.25, -0.2) is 8.78 Å². The summed E-state index contributed by atoms with van der Waals surface area (Å²) < 4.78 is 25.5. The summed E-state index contributed by atoms with van der Waals surface area (Å²) in [6.45, 7) is 3.65. The van der Waals surface area contributed by atoms with Crippen molar-refractivity contribution in [1.82, 2.24) is 5.32 Å². The van der Waals surface area contributed by atoms with Crippen LogP contribution in [0, 0.1) is 17.6 Å². The smallest absolute Gasteiger partial charge is 0.222 e. The second-order valence-electron chi connectivity index (χ2n) is 3.65. The minimum atomic E-state index is -0.635. The van der Waals surface area contributed by atoms with Gasteiger partial charge in [-0.05, 0) is 17.7 Å². The number of amides is 1. The van der Waals surface area contributed by atoms with Crippen LogP contribution in [0.1, 0.15) is 19.4 Å². The van der Waals surface area contributed by atoms with Crippen LogP contribution in [-0.4, -0.2) is 5.91 Å². The minimum Gasteiger partial charge on any atom is -0.352 e. The molecule has 1 aromatic rings. The SMILES string of the molecule is CC(C)C(=O)NCc1cc(F)cc(F)c1. The lowest BCUT2D eigenvalue weighted by molar-refractivity contribution is -0.124. The van der Waals surface area contributed by atoms with Gasteiger partial charge in [-0.2, -0.15) is 0 Å². The van der Waals surface area contributed by atoms with Crippen LogP contribution in [0.2, 0.25) is 0 Å². The Morgan fingerprint density at radius 2 is 1.80 bits per heavy atom.